The molecule has 0 aliphatic carbocycles. The summed E-state index contributed by atoms with van der Waals surface area (Å²) in [5.41, 5.74) is 1.37. The molecule has 9 heteroatoms. The third-order valence-electron chi connectivity index (χ3n) is 4.15. The highest BCUT2D eigenvalue weighted by Gasteiger charge is 2.30. The molecule has 2 amide bonds. The normalized spacial score (nSPS) is 18.1. The Kier molecular flexibility index (Phi) is 5.37. The van der Waals surface area contributed by atoms with Crippen LogP contribution in [0.15, 0.2) is 34.9 Å². The topological polar surface area (TPSA) is 121 Å². The minimum Gasteiger partial charge on any atom is -0.464 e. The van der Waals surface area contributed by atoms with Gasteiger partial charge in [-0.15, -0.1) is 0 Å². The Hall–Kier alpha value is -2.36. The van der Waals surface area contributed by atoms with Crippen molar-refractivity contribution in [2.24, 2.45) is 0 Å². The highest BCUT2D eigenvalue weighted by molar-refractivity contribution is 6.45. The first-order valence-corrected chi connectivity index (χ1v) is 8.05. The molecule has 1 fully saturated rings. The van der Waals surface area contributed by atoms with E-state index in [2.05, 4.69) is 10.6 Å². The van der Waals surface area contributed by atoms with Crippen molar-refractivity contribution in [1.29, 1.82) is 0 Å². The highest BCUT2D eigenvalue weighted by atomic mass is 16.5. The number of benzene rings is 1. The Morgan fingerprint density at radius 3 is 2.80 bits per heavy atom. The second-order valence-electron chi connectivity index (χ2n) is 5.99. The molecule has 0 spiro atoms. The van der Waals surface area contributed by atoms with Crippen LogP contribution in [0.4, 0.5) is 0 Å². The van der Waals surface area contributed by atoms with Crippen molar-refractivity contribution in [2.45, 2.75) is 24.8 Å². The van der Waals surface area contributed by atoms with E-state index in [0.29, 0.717) is 30.8 Å². The van der Waals surface area contributed by atoms with Gasteiger partial charge in [0.25, 0.3) is 0 Å². The Morgan fingerprint density at radius 1 is 1.28 bits per heavy atom. The van der Waals surface area contributed by atoms with E-state index in [-0.39, 0.29) is 12.5 Å². The number of furan rings is 1. The van der Waals surface area contributed by atoms with Gasteiger partial charge in [-0.2, -0.15) is 0 Å². The van der Waals surface area contributed by atoms with Crippen molar-refractivity contribution in [2.75, 3.05) is 13.2 Å². The molecule has 0 radical (unpaired) electrons. The molecule has 4 N–H and O–H groups in total. The van der Waals surface area contributed by atoms with E-state index in [1.165, 1.54) is 6.26 Å². The van der Waals surface area contributed by atoms with Gasteiger partial charge in [0.15, 0.2) is 0 Å². The molecule has 1 aromatic carbocycles. The predicted octanol–water partition coefficient (Wildman–Crippen LogP) is -0.623. The fraction of sp³-hybridized carbons (Fsp3) is 0.375. The average molecular weight is 346 g/mol. The number of carbonyl (C=O) groups excluding carboxylic acids is 2. The monoisotopic (exact) mass is 346 g/mol. The van der Waals surface area contributed by atoms with Crippen molar-refractivity contribution in [1.82, 2.24) is 10.6 Å². The fourth-order valence-corrected chi connectivity index (χ4v) is 2.79. The zero-order chi connectivity index (χ0) is 17.8. The van der Waals surface area contributed by atoms with Gasteiger partial charge in [-0.25, -0.2) is 0 Å². The third-order valence-corrected chi connectivity index (χ3v) is 4.15. The number of nitrogens with one attached hydrogen (secondary N) is 2. The van der Waals surface area contributed by atoms with Crippen LogP contribution in [0.3, 0.4) is 0 Å². The lowest BCUT2D eigenvalue weighted by Gasteiger charge is -2.18. The zero-order valence-corrected chi connectivity index (χ0v) is 13.5. The number of rotatable bonds is 5. The summed E-state index contributed by atoms with van der Waals surface area (Å²) in [6.07, 6.45) is 2.26. The van der Waals surface area contributed by atoms with Crippen molar-refractivity contribution < 1.29 is 28.8 Å². The molecule has 3 rings (SSSR count). The van der Waals surface area contributed by atoms with E-state index in [1.54, 1.807) is 6.07 Å². The molecule has 1 aromatic heterocycles. The molecule has 1 aliphatic rings. The highest BCUT2D eigenvalue weighted by Crippen LogP contribution is 2.22. The van der Waals surface area contributed by atoms with Gasteiger partial charge in [-0.3, -0.25) is 9.59 Å². The van der Waals surface area contributed by atoms with Crippen LogP contribution < -0.4 is 10.6 Å². The molecule has 2 atom stereocenters. The Balaban J connectivity index is 1.64. The molecule has 0 unspecified atom stereocenters. The number of hydrogen-bond donors (Lipinski definition) is 4. The fourth-order valence-electron chi connectivity index (χ4n) is 2.79. The van der Waals surface area contributed by atoms with Gasteiger partial charge in [0.2, 0.25) is 0 Å². The number of hydrogen-bond acceptors (Lipinski definition) is 6. The van der Waals surface area contributed by atoms with Gasteiger partial charge < -0.3 is 29.8 Å². The largest absolute Gasteiger partial charge is 0.475 e. The average Bonchev–Trinajstić information content (AvgIpc) is 3.24. The van der Waals surface area contributed by atoms with Crippen molar-refractivity contribution in [3.8, 4) is 0 Å². The summed E-state index contributed by atoms with van der Waals surface area (Å²) in [6, 6.07) is 7.09. The van der Waals surface area contributed by atoms with Crippen molar-refractivity contribution >= 4 is 29.9 Å². The summed E-state index contributed by atoms with van der Waals surface area (Å²) in [5.74, 6) is -2.78. The van der Waals surface area contributed by atoms with Crippen LogP contribution in [-0.2, 0) is 20.7 Å². The minimum atomic E-state index is -1.82. The molecule has 2 aromatic rings. The number of para-hydroxylation sites is 1. The molecule has 132 valence electrons. The van der Waals surface area contributed by atoms with E-state index in [9.17, 15) is 19.6 Å². The zero-order valence-electron chi connectivity index (χ0n) is 13.5. The summed E-state index contributed by atoms with van der Waals surface area (Å²) in [4.78, 5) is 23.9. The van der Waals surface area contributed by atoms with Crippen LogP contribution in [0.25, 0.3) is 11.0 Å². The second-order valence-corrected chi connectivity index (χ2v) is 5.99. The third kappa shape index (κ3) is 4.19. The summed E-state index contributed by atoms with van der Waals surface area (Å²) in [7, 11) is -1.82. The predicted molar refractivity (Wildman–Crippen MR) is 89.4 cm³/mol. The van der Waals surface area contributed by atoms with Gasteiger partial charge in [0.1, 0.15) is 5.58 Å². The standard InChI is InChI=1S/C16H19BN2O6/c20-15(18-11-5-6-24-9-11)16(21)19-14(17(22)23)7-10-8-25-13-4-2-1-3-12(10)13/h1-4,8,11,14,22-23H,5-7,9H2,(H,18,20)(H,19,21)/t11-,14+/m1/s1. The minimum absolute atomic E-state index is 0.111. The number of fused-ring (bicyclic) bond motifs is 1. The van der Waals surface area contributed by atoms with Crippen LogP contribution in [-0.4, -0.2) is 54.2 Å². The number of ether oxygens (including phenoxy) is 1. The molecule has 1 aliphatic heterocycles. The summed E-state index contributed by atoms with van der Waals surface area (Å²) < 4.78 is 10.5. The lowest BCUT2D eigenvalue weighted by atomic mass is 9.76. The first-order chi connectivity index (χ1) is 12.0. The first-order valence-electron chi connectivity index (χ1n) is 8.05. The first kappa shape index (κ1) is 17.5. The molecular formula is C16H19BN2O6. The van der Waals surface area contributed by atoms with Crippen LogP contribution in [0.2, 0.25) is 0 Å². The van der Waals surface area contributed by atoms with Crippen molar-refractivity contribution in [3.05, 3.63) is 36.1 Å². The van der Waals surface area contributed by atoms with Crippen LogP contribution >= 0.6 is 0 Å². The van der Waals surface area contributed by atoms with Crippen LogP contribution in [0.5, 0.6) is 0 Å². The van der Waals surface area contributed by atoms with E-state index >= 15 is 0 Å². The maximum Gasteiger partial charge on any atom is 0.475 e. The second kappa shape index (κ2) is 7.69. The lowest BCUT2D eigenvalue weighted by molar-refractivity contribution is -0.139. The summed E-state index contributed by atoms with van der Waals surface area (Å²) in [6.45, 7) is 0.907. The van der Waals surface area contributed by atoms with Gasteiger partial charge in [0, 0.05) is 12.0 Å². The maximum absolute atomic E-state index is 12.0. The smallest absolute Gasteiger partial charge is 0.464 e. The van der Waals surface area contributed by atoms with Gasteiger partial charge in [-0.05, 0) is 24.5 Å². The van der Waals surface area contributed by atoms with E-state index < -0.39 is 24.9 Å². The molecule has 0 bridgehead atoms. The lowest BCUT2D eigenvalue weighted by Crippen LogP contribution is -2.53. The number of amides is 2. The SMILES string of the molecule is O=C(N[C@@H]1CCOC1)C(=O)N[C@@H](Cc1coc2ccccc12)B(O)O. The Bertz CT molecular complexity index is 756. The van der Waals surface area contributed by atoms with E-state index in [1.807, 2.05) is 18.2 Å². The molecule has 2 heterocycles. The van der Waals surface area contributed by atoms with Crippen molar-refractivity contribution in [3.63, 3.8) is 0 Å². The summed E-state index contributed by atoms with van der Waals surface area (Å²) in [5, 5.41) is 24.8. The van der Waals surface area contributed by atoms with E-state index in [4.69, 9.17) is 9.15 Å². The Labute approximate surface area is 144 Å². The van der Waals surface area contributed by atoms with Crippen LogP contribution in [0.1, 0.15) is 12.0 Å². The Morgan fingerprint density at radius 2 is 2.08 bits per heavy atom. The van der Waals surface area contributed by atoms with Crippen LogP contribution in [0, 0.1) is 0 Å². The molecule has 25 heavy (non-hydrogen) atoms. The summed E-state index contributed by atoms with van der Waals surface area (Å²) >= 11 is 0. The number of carbonyl (C=O) groups is 2. The quantitative estimate of drug-likeness (QED) is 0.423. The van der Waals surface area contributed by atoms with Gasteiger partial charge in [-0.1, -0.05) is 18.2 Å². The van der Waals surface area contributed by atoms with Gasteiger partial charge >= 0.3 is 18.9 Å². The molecule has 8 nitrogen and oxygen atoms in total. The molecular weight excluding hydrogens is 327 g/mol. The molecule has 0 saturated carbocycles. The molecule has 1 saturated heterocycles. The maximum atomic E-state index is 12.0. The van der Waals surface area contributed by atoms with E-state index in [0.717, 1.165) is 5.39 Å². The van der Waals surface area contributed by atoms with Gasteiger partial charge in [0.05, 0.1) is 24.9 Å².